The van der Waals surface area contributed by atoms with Gasteiger partial charge in [-0.15, -0.1) is 0 Å². The van der Waals surface area contributed by atoms with E-state index >= 15 is 0 Å². The van der Waals surface area contributed by atoms with Crippen LogP contribution in [0.4, 0.5) is 0 Å². The minimum atomic E-state index is -3.61. The highest BCUT2D eigenvalue weighted by molar-refractivity contribution is 9.10. The summed E-state index contributed by atoms with van der Waals surface area (Å²) in [5.41, 5.74) is 1.58. The Bertz CT molecular complexity index is 1140. The lowest BCUT2D eigenvalue weighted by Crippen LogP contribution is -2.15. The number of fused-ring (bicyclic) bond motifs is 3. The van der Waals surface area contributed by atoms with Crippen molar-refractivity contribution in [3.8, 4) is 16.9 Å². The van der Waals surface area contributed by atoms with E-state index in [2.05, 4.69) is 21.0 Å². The number of aromatic nitrogens is 2. The molecule has 8 heteroatoms. The van der Waals surface area contributed by atoms with Gasteiger partial charge in [0, 0.05) is 15.6 Å². The van der Waals surface area contributed by atoms with Crippen molar-refractivity contribution in [2.24, 2.45) is 0 Å². The van der Waals surface area contributed by atoms with Gasteiger partial charge in [0.15, 0.2) is 15.5 Å². The third-order valence-corrected chi connectivity index (χ3v) is 6.24. The van der Waals surface area contributed by atoms with Gasteiger partial charge in [0.1, 0.15) is 0 Å². The summed E-state index contributed by atoms with van der Waals surface area (Å²) in [5.74, 6) is -1.63. The number of benzene rings is 2. The molecule has 3 aromatic rings. The monoisotopic (exact) mass is 418 g/mol. The summed E-state index contributed by atoms with van der Waals surface area (Å²) in [6.45, 7) is 0. The van der Waals surface area contributed by atoms with Gasteiger partial charge in [0.05, 0.1) is 22.0 Å². The molecule has 0 atom stereocenters. The summed E-state index contributed by atoms with van der Waals surface area (Å²) in [6.07, 6.45) is 0. The Hall–Kier alpha value is -2.45. The number of rotatable bonds is 2. The van der Waals surface area contributed by atoms with Gasteiger partial charge in [-0.3, -0.25) is 0 Å². The van der Waals surface area contributed by atoms with Crippen LogP contribution >= 0.6 is 15.9 Å². The molecule has 0 saturated heterocycles. The summed E-state index contributed by atoms with van der Waals surface area (Å²) >= 11 is 3.39. The van der Waals surface area contributed by atoms with Crippen molar-refractivity contribution in [2.75, 3.05) is 0 Å². The van der Waals surface area contributed by atoms with E-state index in [0.717, 1.165) is 4.47 Å². The van der Waals surface area contributed by atoms with Crippen LogP contribution in [0.2, 0.25) is 0 Å². The van der Waals surface area contributed by atoms with E-state index in [4.69, 9.17) is 0 Å². The van der Waals surface area contributed by atoms with Crippen LogP contribution in [0.5, 0.6) is 0 Å². The van der Waals surface area contributed by atoms with Crippen LogP contribution in [0.15, 0.2) is 57.9 Å². The topological polar surface area (TPSA) is 89.3 Å². The van der Waals surface area contributed by atoms with Crippen molar-refractivity contribution in [3.63, 3.8) is 0 Å². The predicted octanol–water partition coefficient (Wildman–Crippen LogP) is 3.29. The zero-order chi connectivity index (χ0) is 17.8. The molecule has 126 valence electrons. The lowest BCUT2D eigenvalue weighted by atomic mass is 10.1. The largest absolute Gasteiger partial charge is 0.476 e. The number of nitrogens with zero attached hydrogens (tertiary/aromatic N) is 2. The van der Waals surface area contributed by atoms with Gasteiger partial charge in [-0.05, 0) is 24.3 Å². The fourth-order valence-corrected chi connectivity index (χ4v) is 5.01. The first-order valence-corrected chi connectivity index (χ1v) is 9.76. The van der Waals surface area contributed by atoms with E-state index in [1.807, 2.05) is 6.07 Å². The van der Waals surface area contributed by atoms with Crippen LogP contribution in [0, 0.1) is 0 Å². The normalized spacial score (nSPS) is 14.6. The smallest absolute Gasteiger partial charge is 0.356 e. The first-order chi connectivity index (χ1) is 11.9. The average Bonchev–Trinajstić information content (AvgIpc) is 2.94. The number of aromatic carboxylic acids is 1. The summed E-state index contributed by atoms with van der Waals surface area (Å²) < 4.78 is 27.5. The van der Waals surface area contributed by atoms with E-state index in [0.29, 0.717) is 16.9 Å². The molecule has 0 amide bonds. The van der Waals surface area contributed by atoms with Crippen LogP contribution in [-0.2, 0) is 15.6 Å². The fraction of sp³-hybridized carbons (Fsp3) is 0.0588. The van der Waals surface area contributed by atoms with Crippen LogP contribution in [0.1, 0.15) is 16.1 Å². The van der Waals surface area contributed by atoms with Crippen LogP contribution in [-0.4, -0.2) is 29.3 Å². The maximum absolute atomic E-state index is 12.6. The van der Waals surface area contributed by atoms with E-state index < -0.39 is 15.8 Å². The zero-order valence-corrected chi connectivity index (χ0v) is 15.1. The number of hydrogen-bond acceptors (Lipinski definition) is 4. The van der Waals surface area contributed by atoms with E-state index in [1.54, 1.807) is 36.4 Å². The molecule has 2 aromatic carbocycles. The number of sulfone groups is 1. The van der Waals surface area contributed by atoms with Gasteiger partial charge >= 0.3 is 5.97 Å². The molecular weight excluding hydrogens is 408 g/mol. The molecule has 0 spiro atoms. The molecule has 0 fully saturated rings. The maximum atomic E-state index is 12.6. The quantitative estimate of drug-likeness (QED) is 0.689. The van der Waals surface area contributed by atoms with Gasteiger partial charge in [0.2, 0.25) is 0 Å². The van der Waals surface area contributed by atoms with Crippen molar-refractivity contribution in [1.29, 1.82) is 0 Å². The highest BCUT2D eigenvalue weighted by atomic mass is 79.9. The zero-order valence-electron chi connectivity index (χ0n) is 12.7. The molecule has 4 rings (SSSR count). The van der Waals surface area contributed by atoms with Crippen molar-refractivity contribution in [3.05, 3.63) is 64.3 Å². The van der Waals surface area contributed by atoms with Crippen molar-refractivity contribution >= 4 is 31.7 Å². The minimum Gasteiger partial charge on any atom is -0.476 e. The summed E-state index contributed by atoms with van der Waals surface area (Å²) in [6, 6.07) is 13.8. The first kappa shape index (κ1) is 16.0. The molecule has 0 saturated carbocycles. The highest BCUT2D eigenvalue weighted by Crippen LogP contribution is 2.40. The Labute approximate surface area is 151 Å². The second kappa shape index (κ2) is 5.53. The van der Waals surface area contributed by atoms with Crippen LogP contribution < -0.4 is 0 Å². The first-order valence-electron chi connectivity index (χ1n) is 7.32. The van der Waals surface area contributed by atoms with Crippen LogP contribution in [0.25, 0.3) is 16.9 Å². The Morgan fingerprint density at radius 2 is 1.92 bits per heavy atom. The molecular formula is C17H11BrN2O4S. The summed E-state index contributed by atoms with van der Waals surface area (Å²) in [7, 11) is -3.61. The van der Waals surface area contributed by atoms with Gasteiger partial charge < -0.3 is 5.11 Å². The third kappa shape index (κ3) is 2.49. The minimum absolute atomic E-state index is 0.190. The standard InChI is InChI=1S/C17H11BrN2O4S/c18-10-4-3-5-11(8-10)20-16-12-6-1-2-7-14(12)25(23,24)9-13(16)15(19-20)17(21)22/h1-8H,9H2,(H,21,22). The Kier molecular flexibility index (Phi) is 3.55. The summed E-state index contributed by atoms with van der Waals surface area (Å²) in [5, 5.41) is 13.7. The number of hydrogen-bond donors (Lipinski definition) is 1. The Morgan fingerprint density at radius 3 is 2.64 bits per heavy atom. The fourth-order valence-electron chi connectivity index (χ4n) is 3.03. The van der Waals surface area contributed by atoms with Crippen molar-refractivity contribution in [1.82, 2.24) is 9.78 Å². The SMILES string of the molecule is O=C(O)c1nn(-c2cccc(Br)c2)c2c1CS(=O)(=O)c1ccccc1-2. The molecule has 1 N–H and O–H groups in total. The van der Waals surface area contributed by atoms with Gasteiger partial charge in [-0.25, -0.2) is 17.9 Å². The predicted molar refractivity (Wildman–Crippen MR) is 94.5 cm³/mol. The maximum Gasteiger partial charge on any atom is 0.356 e. The Morgan fingerprint density at radius 1 is 1.16 bits per heavy atom. The third-order valence-electron chi connectivity index (χ3n) is 4.05. The second-order valence-electron chi connectivity index (χ2n) is 5.63. The summed E-state index contributed by atoms with van der Waals surface area (Å²) in [4.78, 5) is 11.8. The number of halogens is 1. The molecule has 0 bridgehead atoms. The highest BCUT2D eigenvalue weighted by Gasteiger charge is 2.35. The molecule has 2 heterocycles. The van der Waals surface area contributed by atoms with Crippen molar-refractivity contribution < 1.29 is 18.3 Å². The van der Waals surface area contributed by atoms with Gasteiger partial charge in [0.25, 0.3) is 0 Å². The van der Waals surface area contributed by atoms with Gasteiger partial charge in [-0.1, -0.05) is 40.2 Å². The number of carboxylic acid groups (broad SMARTS) is 1. The average molecular weight is 419 g/mol. The number of carbonyl (C=O) groups is 1. The van der Waals surface area contributed by atoms with Gasteiger partial charge in [-0.2, -0.15) is 5.10 Å². The molecule has 25 heavy (non-hydrogen) atoms. The Balaban J connectivity index is 2.11. The molecule has 1 aliphatic rings. The van der Waals surface area contributed by atoms with Crippen LogP contribution in [0.3, 0.4) is 0 Å². The van der Waals surface area contributed by atoms with Crippen molar-refractivity contribution in [2.45, 2.75) is 10.6 Å². The van der Waals surface area contributed by atoms with E-state index in [-0.39, 0.29) is 21.9 Å². The van der Waals surface area contributed by atoms with E-state index in [1.165, 1.54) is 10.7 Å². The van der Waals surface area contributed by atoms with E-state index in [9.17, 15) is 18.3 Å². The lowest BCUT2D eigenvalue weighted by Gasteiger charge is -2.18. The molecule has 6 nitrogen and oxygen atoms in total. The lowest BCUT2D eigenvalue weighted by molar-refractivity contribution is 0.0689. The molecule has 1 aliphatic heterocycles. The molecule has 0 unspecified atom stereocenters. The second-order valence-corrected chi connectivity index (χ2v) is 8.50. The molecule has 0 aliphatic carbocycles. The molecule has 1 aromatic heterocycles. The number of carboxylic acids is 1. The molecule has 0 radical (unpaired) electrons.